The van der Waals surface area contributed by atoms with Crippen LogP contribution in [0.5, 0.6) is 0 Å². The van der Waals surface area contributed by atoms with Gasteiger partial charge in [-0.25, -0.2) is 4.39 Å². The van der Waals surface area contributed by atoms with Crippen molar-refractivity contribution in [3.8, 4) is 0 Å². The number of rotatable bonds is 3. The Labute approximate surface area is 135 Å². The second kappa shape index (κ2) is 5.82. The fourth-order valence-corrected chi connectivity index (χ4v) is 3.72. The van der Waals surface area contributed by atoms with Crippen LogP contribution in [0.3, 0.4) is 0 Å². The largest absolute Gasteiger partial charge is 0.358 e. The number of aromatic nitrogens is 1. The molecule has 1 heterocycles. The van der Waals surface area contributed by atoms with Crippen molar-refractivity contribution in [2.45, 2.75) is 38.3 Å². The van der Waals surface area contributed by atoms with E-state index in [1.54, 1.807) is 6.07 Å². The highest BCUT2D eigenvalue weighted by Crippen LogP contribution is 2.30. The molecule has 2 atom stereocenters. The van der Waals surface area contributed by atoms with Gasteiger partial charge in [0.15, 0.2) is 0 Å². The molecule has 1 aliphatic carbocycles. The Morgan fingerprint density at radius 1 is 1.17 bits per heavy atom. The summed E-state index contributed by atoms with van der Waals surface area (Å²) < 4.78 is 13.6. The van der Waals surface area contributed by atoms with Crippen LogP contribution in [0.1, 0.15) is 36.2 Å². The molecular weight excluding hydrogens is 287 g/mol. The highest BCUT2D eigenvalue weighted by atomic mass is 19.1. The van der Waals surface area contributed by atoms with Gasteiger partial charge in [-0.3, -0.25) is 0 Å². The van der Waals surface area contributed by atoms with Gasteiger partial charge in [0.05, 0.1) is 0 Å². The molecule has 0 bridgehead atoms. The second-order valence-electron chi connectivity index (χ2n) is 6.51. The van der Waals surface area contributed by atoms with Gasteiger partial charge in [-0.05, 0) is 55.5 Å². The Morgan fingerprint density at radius 3 is 2.83 bits per heavy atom. The summed E-state index contributed by atoms with van der Waals surface area (Å²) in [6, 6.07) is 16.3. The van der Waals surface area contributed by atoms with Crippen LogP contribution in [-0.4, -0.2) is 11.0 Å². The Bertz CT molecular complexity index is 822. The van der Waals surface area contributed by atoms with E-state index in [0.717, 1.165) is 30.2 Å². The molecule has 2 nitrogen and oxygen atoms in total. The zero-order valence-electron chi connectivity index (χ0n) is 13.3. The van der Waals surface area contributed by atoms with Gasteiger partial charge < -0.3 is 10.3 Å². The lowest BCUT2D eigenvalue weighted by Crippen LogP contribution is -2.36. The fraction of sp³-hybridized carbons (Fsp3) is 0.300. The molecule has 2 aromatic carbocycles. The lowest BCUT2D eigenvalue weighted by atomic mass is 9.90. The average Bonchev–Trinajstić information content (AvgIpc) is 2.93. The molecule has 0 radical (unpaired) electrons. The number of hydrogen-bond donors (Lipinski definition) is 2. The van der Waals surface area contributed by atoms with Crippen LogP contribution < -0.4 is 5.32 Å². The van der Waals surface area contributed by atoms with E-state index >= 15 is 0 Å². The third-order valence-corrected chi connectivity index (χ3v) is 4.94. The van der Waals surface area contributed by atoms with Gasteiger partial charge in [-0.15, -0.1) is 0 Å². The van der Waals surface area contributed by atoms with Gasteiger partial charge >= 0.3 is 0 Å². The summed E-state index contributed by atoms with van der Waals surface area (Å²) in [4.78, 5) is 3.45. The van der Waals surface area contributed by atoms with Gasteiger partial charge in [0.1, 0.15) is 5.82 Å². The molecule has 1 aromatic heterocycles. The summed E-state index contributed by atoms with van der Waals surface area (Å²) in [5.41, 5.74) is 4.91. The minimum Gasteiger partial charge on any atom is -0.358 e. The van der Waals surface area contributed by atoms with E-state index in [2.05, 4.69) is 41.5 Å². The Hall–Kier alpha value is -2.13. The minimum absolute atomic E-state index is 0.160. The average molecular weight is 308 g/mol. The van der Waals surface area contributed by atoms with E-state index in [9.17, 15) is 4.39 Å². The number of nitrogens with one attached hydrogen (secondary N) is 2. The first-order valence-corrected chi connectivity index (χ1v) is 8.30. The van der Waals surface area contributed by atoms with Crippen molar-refractivity contribution in [3.05, 3.63) is 71.2 Å². The fourth-order valence-electron chi connectivity index (χ4n) is 3.72. The summed E-state index contributed by atoms with van der Waals surface area (Å²) >= 11 is 0. The molecule has 3 aromatic rings. The summed E-state index contributed by atoms with van der Waals surface area (Å²) in [7, 11) is 0. The maximum Gasteiger partial charge on any atom is 0.123 e. The Kier molecular flexibility index (Phi) is 3.66. The number of hydrogen-bond acceptors (Lipinski definition) is 1. The van der Waals surface area contributed by atoms with E-state index in [-0.39, 0.29) is 5.82 Å². The van der Waals surface area contributed by atoms with Crippen molar-refractivity contribution in [1.82, 2.24) is 10.3 Å². The first-order valence-electron chi connectivity index (χ1n) is 8.30. The Balaban J connectivity index is 1.56. The van der Waals surface area contributed by atoms with E-state index in [1.807, 2.05) is 12.1 Å². The van der Waals surface area contributed by atoms with Gasteiger partial charge in [0.2, 0.25) is 0 Å². The highest BCUT2D eigenvalue weighted by molar-refractivity contribution is 5.85. The molecule has 0 saturated carbocycles. The number of fused-ring (bicyclic) bond motifs is 3. The molecule has 4 rings (SSSR count). The van der Waals surface area contributed by atoms with E-state index in [1.165, 1.54) is 22.9 Å². The SMILES string of the molecule is C[C@H](N[C@H]1CCc2[nH]c3ccc(F)cc3c2C1)c1ccccc1. The molecule has 0 unspecified atom stereocenters. The van der Waals surface area contributed by atoms with Gasteiger partial charge in [-0.2, -0.15) is 0 Å². The zero-order valence-corrected chi connectivity index (χ0v) is 13.3. The van der Waals surface area contributed by atoms with Crippen molar-refractivity contribution in [2.24, 2.45) is 0 Å². The number of halogens is 1. The molecule has 3 heteroatoms. The normalized spacial score (nSPS) is 18.8. The summed E-state index contributed by atoms with van der Waals surface area (Å²) in [6.45, 7) is 2.21. The van der Waals surface area contributed by atoms with E-state index in [4.69, 9.17) is 0 Å². The maximum atomic E-state index is 13.6. The van der Waals surface area contributed by atoms with Crippen LogP contribution in [0.25, 0.3) is 10.9 Å². The van der Waals surface area contributed by atoms with Crippen molar-refractivity contribution >= 4 is 10.9 Å². The van der Waals surface area contributed by atoms with Crippen molar-refractivity contribution in [3.63, 3.8) is 0 Å². The first kappa shape index (κ1) is 14.5. The van der Waals surface area contributed by atoms with Crippen molar-refractivity contribution < 1.29 is 4.39 Å². The van der Waals surface area contributed by atoms with E-state index < -0.39 is 0 Å². The van der Waals surface area contributed by atoms with Crippen molar-refractivity contribution in [2.75, 3.05) is 0 Å². The molecule has 0 saturated heterocycles. The zero-order chi connectivity index (χ0) is 15.8. The van der Waals surface area contributed by atoms with Crippen LogP contribution in [-0.2, 0) is 12.8 Å². The molecule has 0 amide bonds. The predicted molar refractivity (Wildman–Crippen MR) is 92.1 cm³/mol. The van der Waals surface area contributed by atoms with Crippen LogP contribution in [0.4, 0.5) is 4.39 Å². The second-order valence-corrected chi connectivity index (χ2v) is 6.51. The third-order valence-electron chi connectivity index (χ3n) is 4.94. The number of aryl methyl sites for hydroxylation is 1. The standard InChI is InChI=1S/C20H21FN2/c1-13(14-5-3-2-4-6-14)22-16-8-10-20-18(12-16)17-11-15(21)7-9-19(17)23-20/h2-7,9,11,13,16,22-23H,8,10,12H2,1H3/t13-,16-/m0/s1. The summed E-state index contributed by atoms with van der Waals surface area (Å²) in [5, 5.41) is 4.78. The molecule has 0 aliphatic heterocycles. The van der Waals surface area contributed by atoms with Crippen LogP contribution in [0.15, 0.2) is 48.5 Å². The number of H-pyrrole nitrogens is 1. The molecule has 0 spiro atoms. The lowest BCUT2D eigenvalue weighted by Gasteiger charge is -2.27. The Morgan fingerprint density at radius 2 is 2.00 bits per heavy atom. The lowest BCUT2D eigenvalue weighted by molar-refractivity contribution is 0.413. The molecule has 1 aliphatic rings. The van der Waals surface area contributed by atoms with Gasteiger partial charge in [0, 0.05) is 28.7 Å². The number of benzene rings is 2. The highest BCUT2D eigenvalue weighted by Gasteiger charge is 2.23. The number of aromatic amines is 1. The molecule has 2 N–H and O–H groups in total. The van der Waals surface area contributed by atoms with E-state index in [0.29, 0.717) is 12.1 Å². The van der Waals surface area contributed by atoms with Crippen molar-refractivity contribution in [1.29, 1.82) is 0 Å². The predicted octanol–water partition coefficient (Wildman–Crippen LogP) is 4.52. The topological polar surface area (TPSA) is 27.8 Å². The quantitative estimate of drug-likeness (QED) is 0.732. The monoisotopic (exact) mass is 308 g/mol. The summed E-state index contributed by atoms with van der Waals surface area (Å²) in [6.07, 6.45) is 3.08. The van der Waals surface area contributed by atoms with Gasteiger partial charge in [0.25, 0.3) is 0 Å². The van der Waals surface area contributed by atoms with Crippen LogP contribution in [0, 0.1) is 5.82 Å². The maximum absolute atomic E-state index is 13.6. The molecule has 118 valence electrons. The molecule has 0 fully saturated rings. The minimum atomic E-state index is -0.160. The van der Waals surface area contributed by atoms with Crippen LogP contribution in [0.2, 0.25) is 0 Å². The smallest absolute Gasteiger partial charge is 0.123 e. The molecule has 23 heavy (non-hydrogen) atoms. The third kappa shape index (κ3) is 2.77. The van der Waals surface area contributed by atoms with Gasteiger partial charge in [-0.1, -0.05) is 30.3 Å². The summed E-state index contributed by atoms with van der Waals surface area (Å²) in [5.74, 6) is -0.160. The van der Waals surface area contributed by atoms with Crippen LogP contribution >= 0.6 is 0 Å². The molecular formula is C20H21FN2. The first-order chi connectivity index (χ1) is 11.2.